The molecule has 0 radical (unpaired) electrons. The maximum absolute atomic E-state index is 9.59. The van der Waals surface area contributed by atoms with Gasteiger partial charge in [0.05, 0.1) is 24.5 Å². The molecule has 0 heterocycles. The molecule has 0 saturated heterocycles. The quantitative estimate of drug-likeness (QED) is 0.390. The summed E-state index contributed by atoms with van der Waals surface area (Å²) in [6.45, 7) is 0. The number of carboxylic acids is 1. The summed E-state index contributed by atoms with van der Waals surface area (Å²) in [6, 6.07) is 22.1. The number of fused-ring (bicyclic) bond motifs is 1. The lowest BCUT2D eigenvalue weighted by Crippen LogP contribution is -1.85. The maximum Gasteiger partial charge on any atom is 0.331 e. The van der Waals surface area contributed by atoms with Crippen LogP contribution in [0.25, 0.3) is 10.8 Å². The maximum atomic E-state index is 9.59. The van der Waals surface area contributed by atoms with Gasteiger partial charge >= 0.3 is 5.97 Å². The molecule has 0 spiro atoms. The average Bonchev–Trinajstić information content (AvgIpc) is 2.66. The fraction of sp³-hybridized carbons (Fsp3) is 0.0455. The second-order valence-electron chi connectivity index (χ2n) is 5.17. The first-order valence-corrected chi connectivity index (χ1v) is 8.15. The van der Waals surface area contributed by atoms with Crippen LogP contribution in [0.2, 0.25) is 5.02 Å². The van der Waals surface area contributed by atoms with Crippen molar-refractivity contribution in [1.29, 1.82) is 0 Å². The van der Waals surface area contributed by atoms with Gasteiger partial charge in [-0.1, -0.05) is 65.9 Å². The van der Waals surface area contributed by atoms with E-state index in [4.69, 9.17) is 16.7 Å². The Morgan fingerprint density at radius 1 is 1.00 bits per heavy atom. The van der Waals surface area contributed by atoms with Crippen LogP contribution in [0.5, 0.6) is 0 Å². The zero-order valence-corrected chi connectivity index (χ0v) is 14.9. The molecule has 26 heavy (non-hydrogen) atoms. The molecule has 0 aliphatic rings. The van der Waals surface area contributed by atoms with E-state index in [0.29, 0.717) is 5.02 Å². The number of carbonyl (C=O) groups is 1. The van der Waals surface area contributed by atoms with Crippen LogP contribution in [-0.2, 0) is 9.53 Å². The zero-order chi connectivity index (χ0) is 18.8. The summed E-state index contributed by atoms with van der Waals surface area (Å²) < 4.78 is 4.29. The number of aliphatic carboxylic acids is 1. The number of benzene rings is 3. The molecule has 0 aromatic heterocycles. The van der Waals surface area contributed by atoms with E-state index in [9.17, 15) is 4.79 Å². The Kier molecular flexibility index (Phi) is 7.30. The Morgan fingerprint density at radius 2 is 1.69 bits per heavy atom. The van der Waals surface area contributed by atoms with Crippen molar-refractivity contribution in [3.05, 3.63) is 95.2 Å². The average molecular weight is 365 g/mol. The fourth-order valence-electron chi connectivity index (χ4n) is 2.10. The highest BCUT2D eigenvalue weighted by Gasteiger charge is 1.95. The van der Waals surface area contributed by atoms with Crippen LogP contribution in [0.3, 0.4) is 0 Å². The van der Waals surface area contributed by atoms with Crippen LogP contribution in [0.4, 0.5) is 0 Å². The van der Waals surface area contributed by atoms with E-state index in [2.05, 4.69) is 40.8 Å². The van der Waals surface area contributed by atoms with E-state index in [1.165, 1.54) is 17.9 Å². The van der Waals surface area contributed by atoms with Gasteiger partial charge in [-0.05, 0) is 35.0 Å². The highest BCUT2D eigenvalue weighted by atomic mass is 35.5. The predicted octanol–water partition coefficient (Wildman–Crippen LogP) is 5.12. The minimum Gasteiger partial charge on any atom is -0.504 e. The summed E-state index contributed by atoms with van der Waals surface area (Å²) >= 11 is 6.08. The first kappa shape index (κ1) is 19.1. The van der Waals surface area contributed by atoms with E-state index in [-0.39, 0.29) is 0 Å². The van der Waals surface area contributed by atoms with Gasteiger partial charge in [0.2, 0.25) is 0 Å². The molecular formula is C22H17ClO3. The number of ether oxygens (including phenoxy) is 1. The largest absolute Gasteiger partial charge is 0.504 e. The minimum absolute atomic E-state index is 0.691. The van der Waals surface area contributed by atoms with Crippen LogP contribution in [0.15, 0.2) is 79.1 Å². The molecule has 4 heteroatoms. The van der Waals surface area contributed by atoms with Gasteiger partial charge in [0.1, 0.15) is 0 Å². The van der Waals surface area contributed by atoms with Gasteiger partial charge in [0, 0.05) is 11.1 Å². The Labute approximate surface area is 157 Å². The lowest BCUT2D eigenvalue weighted by Gasteiger charge is -1.97. The SMILES string of the molecule is COC=CC(=O)O.Clc1ccccc1C#Cc1ccc2ccccc2c1. The normalized spacial score (nSPS) is 9.77. The summed E-state index contributed by atoms with van der Waals surface area (Å²) in [5, 5.41) is 11.0. The number of methoxy groups -OCH3 is 1. The van der Waals surface area contributed by atoms with Crippen molar-refractivity contribution in [3.63, 3.8) is 0 Å². The van der Waals surface area contributed by atoms with Gasteiger partial charge in [-0.15, -0.1) is 0 Å². The van der Waals surface area contributed by atoms with E-state index in [1.807, 2.05) is 42.5 Å². The summed E-state index contributed by atoms with van der Waals surface area (Å²) in [4.78, 5) is 9.59. The van der Waals surface area contributed by atoms with Crippen molar-refractivity contribution >= 4 is 28.3 Å². The summed E-state index contributed by atoms with van der Waals surface area (Å²) in [5.41, 5.74) is 1.86. The summed E-state index contributed by atoms with van der Waals surface area (Å²) in [6.07, 6.45) is 2.02. The number of hydrogen-bond donors (Lipinski definition) is 1. The van der Waals surface area contributed by atoms with Crippen LogP contribution in [-0.4, -0.2) is 18.2 Å². The third-order valence-corrected chi connectivity index (χ3v) is 3.64. The first-order valence-electron chi connectivity index (χ1n) is 7.78. The third-order valence-electron chi connectivity index (χ3n) is 3.31. The van der Waals surface area contributed by atoms with Crippen molar-refractivity contribution in [1.82, 2.24) is 0 Å². The number of carboxylic acid groups (broad SMARTS) is 1. The minimum atomic E-state index is -0.998. The molecule has 3 nitrogen and oxygen atoms in total. The number of halogens is 1. The number of rotatable bonds is 2. The monoisotopic (exact) mass is 364 g/mol. The molecule has 0 aliphatic heterocycles. The molecular weight excluding hydrogens is 348 g/mol. The molecule has 0 fully saturated rings. The van der Waals surface area contributed by atoms with Crippen molar-refractivity contribution < 1.29 is 14.6 Å². The molecule has 0 bridgehead atoms. The topological polar surface area (TPSA) is 46.5 Å². The lowest BCUT2D eigenvalue weighted by molar-refractivity contribution is -0.131. The van der Waals surface area contributed by atoms with E-state index in [1.54, 1.807) is 0 Å². The second kappa shape index (κ2) is 9.93. The second-order valence-corrected chi connectivity index (χ2v) is 5.58. The molecule has 0 unspecified atom stereocenters. The van der Waals surface area contributed by atoms with Gasteiger partial charge < -0.3 is 9.84 Å². The van der Waals surface area contributed by atoms with Crippen molar-refractivity contribution in [2.45, 2.75) is 0 Å². The van der Waals surface area contributed by atoms with Crippen LogP contribution in [0, 0.1) is 11.8 Å². The molecule has 0 amide bonds. The van der Waals surface area contributed by atoms with Gasteiger partial charge in [-0.3, -0.25) is 0 Å². The van der Waals surface area contributed by atoms with Crippen LogP contribution >= 0.6 is 11.6 Å². The highest BCUT2D eigenvalue weighted by Crippen LogP contribution is 2.16. The molecule has 130 valence electrons. The molecule has 0 atom stereocenters. The van der Waals surface area contributed by atoms with E-state index >= 15 is 0 Å². The lowest BCUT2D eigenvalue weighted by atomic mass is 10.1. The Morgan fingerprint density at radius 3 is 2.35 bits per heavy atom. The van der Waals surface area contributed by atoms with Crippen LogP contribution in [0.1, 0.15) is 11.1 Å². The summed E-state index contributed by atoms with van der Waals surface area (Å²) in [7, 11) is 1.39. The molecule has 0 saturated carbocycles. The van der Waals surface area contributed by atoms with Crippen molar-refractivity contribution in [3.8, 4) is 11.8 Å². The Balaban J connectivity index is 0.000000298. The van der Waals surface area contributed by atoms with Crippen LogP contribution < -0.4 is 0 Å². The molecule has 3 rings (SSSR count). The van der Waals surface area contributed by atoms with Gasteiger partial charge in [-0.25, -0.2) is 4.79 Å². The van der Waals surface area contributed by atoms with Gasteiger partial charge in [0.25, 0.3) is 0 Å². The standard InChI is InChI=1S/C18H11Cl.C4H6O3/c19-18-8-4-3-6-16(18)12-10-14-9-11-15-5-1-2-7-17(15)13-14;1-7-3-2-4(5)6/h1-9,11,13H;2-3H,1H3,(H,5,6). The van der Waals surface area contributed by atoms with Crippen molar-refractivity contribution in [2.24, 2.45) is 0 Å². The fourth-order valence-corrected chi connectivity index (χ4v) is 2.28. The molecule has 3 aromatic carbocycles. The van der Waals surface area contributed by atoms with E-state index in [0.717, 1.165) is 23.5 Å². The molecule has 1 N–H and O–H groups in total. The molecule has 0 aliphatic carbocycles. The third kappa shape index (κ3) is 6.01. The smallest absolute Gasteiger partial charge is 0.331 e. The first-order chi connectivity index (χ1) is 12.6. The Hall–Kier alpha value is -3.22. The summed E-state index contributed by atoms with van der Waals surface area (Å²) in [5.74, 6) is 5.27. The Bertz CT molecular complexity index is 981. The number of hydrogen-bond acceptors (Lipinski definition) is 2. The van der Waals surface area contributed by atoms with E-state index < -0.39 is 5.97 Å². The zero-order valence-electron chi connectivity index (χ0n) is 14.1. The molecule has 3 aromatic rings. The highest BCUT2D eigenvalue weighted by molar-refractivity contribution is 6.31. The van der Waals surface area contributed by atoms with Gasteiger partial charge in [0.15, 0.2) is 0 Å². The predicted molar refractivity (Wildman–Crippen MR) is 105 cm³/mol. The van der Waals surface area contributed by atoms with Crippen molar-refractivity contribution in [2.75, 3.05) is 7.11 Å². The van der Waals surface area contributed by atoms with Gasteiger partial charge in [-0.2, -0.15) is 0 Å².